The van der Waals surface area contributed by atoms with Crippen LogP contribution in [0.25, 0.3) is 0 Å². The van der Waals surface area contributed by atoms with Crippen molar-refractivity contribution >= 4 is 5.91 Å². The largest absolute Gasteiger partial charge is 0.394 e. The molecular formula is C13H22N2O3. The van der Waals surface area contributed by atoms with Gasteiger partial charge in [0.1, 0.15) is 5.41 Å². The molecule has 0 bridgehead atoms. The third-order valence-corrected chi connectivity index (χ3v) is 4.02. The molecule has 1 rings (SSSR count). The van der Waals surface area contributed by atoms with Crippen molar-refractivity contribution in [2.45, 2.75) is 51.0 Å². The van der Waals surface area contributed by atoms with Crippen molar-refractivity contribution in [2.24, 2.45) is 5.41 Å². The summed E-state index contributed by atoms with van der Waals surface area (Å²) >= 11 is 0. The molecule has 1 fully saturated rings. The van der Waals surface area contributed by atoms with Gasteiger partial charge in [0, 0.05) is 0 Å². The molecule has 0 unspecified atom stereocenters. The first-order chi connectivity index (χ1) is 8.58. The zero-order chi connectivity index (χ0) is 13.6. The molecule has 18 heavy (non-hydrogen) atoms. The summed E-state index contributed by atoms with van der Waals surface area (Å²) in [6.07, 6.45) is 4.34. The lowest BCUT2D eigenvalue weighted by molar-refractivity contribution is -0.133. The summed E-state index contributed by atoms with van der Waals surface area (Å²) in [5, 5.41) is 30.6. The SMILES string of the molecule is CCC(CO)(CO)NC(=O)C1(C#N)CCCCC1. The number of aliphatic hydroxyl groups is 2. The fourth-order valence-corrected chi connectivity index (χ4v) is 2.35. The van der Waals surface area contributed by atoms with Crippen LogP contribution in [-0.2, 0) is 4.79 Å². The third-order valence-electron chi connectivity index (χ3n) is 4.02. The Morgan fingerprint density at radius 2 is 1.89 bits per heavy atom. The lowest BCUT2D eigenvalue weighted by Crippen LogP contribution is -2.57. The predicted molar refractivity (Wildman–Crippen MR) is 66.5 cm³/mol. The molecule has 5 heteroatoms. The number of nitrogens with zero attached hydrogens (tertiary/aromatic N) is 1. The van der Waals surface area contributed by atoms with E-state index in [4.69, 9.17) is 0 Å². The number of nitrogens with one attached hydrogen (secondary N) is 1. The summed E-state index contributed by atoms with van der Waals surface area (Å²) in [6.45, 7) is 1.13. The number of hydrogen-bond acceptors (Lipinski definition) is 4. The van der Waals surface area contributed by atoms with Crippen LogP contribution in [0.3, 0.4) is 0 Å². The molecule has 0 aromatic heterocycles. The Labute approximate surface area is 108 Å². The minimum absolute atomic E-state index is 0.326. The number of amides is 1. The van der Waals surface area contributed by atoms with E-state index in [0.29, 0.717) is 19.3 Å². The maximum Gasteiger partial charge on any atom is 0.241 e. The Balaban J connectivity index is 2.82. The summed E-state index contributed by atoms with van der Waals surface area (Å²) < 4.78 is 0. The van der Waals surface area contributed by atoms with Gasteiger partial charge in [-0.15, -0.1) is 0 Å². The first-order valence-electron chi connectivity index (χ1n) is 6.54. The van der Waals surface area contributed by atoms with Crippen molar-refractivity contribution in [1.29, 1.82) is 5.26 Å². The van der Waals surface area contributed by atoms with Crippen molar-refractivity contribution in [1.82, 2.24) is 5.32 Å². The number of rotatable bonds is 5. The zero-order valence-electron chi connectivity index (χ0n) is 10.9. The fraction of sp³-hybridized carbons (Fsp3) is 0.846. The number of aliphatic hydroxyl groups excluding tert-OH is 2. The molecule has 0 aromatic rings. The molecule has 0 heterocycles. The smallest absolute Gasteiger partial charge is 0.241 e. The Morgan fingerprint density at radius 3 is 2.28 bits per heavy atom. The average Bonchev–Trinajstić information content (AvgIpc) is 2.45. The highest BCUT2D eigenvalue weighted by molar-refractivity contribution is 5.86. The molecule has 0 aromatic carbocycles. The van der Waals surface area contributed by atoms with Crippen molar-refractivity contribution in [3.05, 3.63) is 0 Å². The molecule has 1 saturated carbocycles. The lowest BCUT2D eigenvalue weighted by Gasteiger charge is -2.36. The Bertz CT molecular complexity index is 317. The fourth-order valence-electron chi connectivity index (χ4n) is 2.35. The summed E-state index contributed by atoms with van der Waals surface area (Å²) in [6, 6.07) is 2.14. The highest BCUT2D eigenvalue weighted by Crippen LogP contribution is 2.36. The summed E-state index contributed by atoms with van der Waals surface area (Å²) in [5.74, 6) is -0.352. The molecule has 1 aliphatic carbocycles. The van der Waals surface area contributed by atoms with Gasteiger partial charge in [-0.25, -0.2) is 0 Å². The van der Waals surface area contributed by atoms with Crippen molar-refractivity contribution in [3.8, 4) is 6.07 Å². The van der Waals surface area contributed by atoms with Crippen LogP contribution in [0.5, 0.6) is 0 Å². The minimum Gasteiger partial charge on any atom is -0.394 e. The molecule has 0 radical (unpaired) electrons. The van der Waals surface area contributed by atoms with Crippen LogP contribution >= 0.6 is 0 Å². The molecule has 3 N–H and O–H groups in total. The van der Waals surface area contributed by atoms with Gasteiger partial charge in [0.2, 0.25) is 5.91 Å². The van der Waals surface area contributed by atoms with Gasteiger partial charge in [-0.1, -0.05) is 26.2 Å². The number of carbonyl (C=O) groups is 1. The average molecular weight is 254 g/mol. The quantitative estimate of drug-likeness (QED) is 0.673. The highest BCUT2D eigenvalue weighted by atomic mass is 16.3. The normalized spacial score (nSPS) is 19.0. The molecule has 0 saturated heterocycles. The summed E-state index contributed by atoms with van der Waals surface area (Å²) in [5.41, 5.74) is -2.00. The van der Waals surface area contributed by atoms with Gasteiger partial charge in [-0.2, -0.15) is 5.26 Å². The van der Waals surface area contributed by atoms with Gasteiger partial charge in [-0.3, -0.25) is 4.79 Å². The van der Waals surface area contributed by atoms with Gasteiger partial charge in [0.05, 0.1) is 24.8 Å². The van der Waals surface area contributed by atoms with E-state index in [2.05, 4.69) is 11.4 Å². The Kier molecular flexibility index (Phi) is 5.12. The van der Waals surface area contributed by atoms with Crippen LogP contribution in [-0.4, -0.2) is 34.9 Å². The first-order valence-corrected chi connectivity index (χ1v) is 6.54. The maximum atomic E-state index is 12.3. The molecule has 102 valence electrons. The molecule has 0 aliphatic heterocycles. The van der Waals surface area contributed by atoms with Gasteiger partial charge in [0.15, 0.2) is 0 Å². The van der Waals surface area contributed by atoms with Crippen molar-refractivity contribution < 1.29 is 15.0 Å². The van der Waals surface area contributed by atoms with Gasteiger partial charge in [0.25, 0.3) is 0 Å². The van der Waals surface area contributed by atoms with E-state index < -0.39 is 11.0 Å². The van der Waals surface area contributed by atoms with Crippen molar-refractivity contribution in [3.63, 3.8) is 0 Å². The standard InChI is InChI=1S/C13H22N2O3/c1-2-13(9-16,10-17)15-11(18)12(8-14)6-4-3-5-7-12/h16-17H,2-7,9-10H2,1H3,(H,15,18). The molecule has 0 atom stereocenters. The second-order valence-corrected chi connectivity index (χ2v) is 5.16. The van der Waals surface area contributed by atoms with Gasteiger partial charge in [-0.05, 0) is 19.3 Å². The minimum atomic E-state index is -1.02. The van der Waals surface area contributed by atoms with E-state index >= 15 is 0 Å². The molecule has 0 spiro atoms. The van der Waals surface area contributed by atoms with Crippen LogP contribution in [0, 0.1) is 16.7 Å². The van der Waals surface area contributed by atoms with E-state index in [9.17, 15) is 20.3 Å². The second kappa shape index (κ2) is 6.17. The van der Waals surface area contributed by atoms with E-state index in [1.807, 2.05) is 0 Å². The summed E-state index contributed by atoms with van der Waals surface area (Å²) in [7, 11) is 0. The van der Waals surface area contributed by atoms with Gasteiger partial charge < -0.3 is 15.5 Å². The number of carbonyl (C=O) groups excluding carboxylic acids is 1. The monoisotopic (exact) mass is 254 g/mol. The Hall–Kier alpha value is -1.12. The van der Waals surface area contributed by atoms with Crippen LogP contribution in [0.15, 0.2) is 0 Å². The Morgan fingerprint density at radius 1 is 1.33 bits per heavy atom. The lowest BCUT2D eigenvalue weighted by atomic mass is 9.74. The van der Waals surface area contributed by atoms with Gasteiger partial charge >= 0.3 is 0 Å². The molecule has 1 aliphatic rings. The maximum absolute atomic E-state index is 12.3. The molecular weight excluding hydrogens is 232 g/mol. The third kappa shape index (κ3) is 2.82. The topological polar surface area (TPSA) is 93.3 Å². The van der Waals surface area contributed by atoms with E-state index in [1.54, 1.807) is 6.92 Å². The second-order valence-electron chi connectivity index (χ2n) is 5.16. The van der Waals surface area contributed by atoms with Crippen molar-refractivity contribution in [2.75, 3.05) is 13.2 Å². The van der Waals surface area contributed by atoms with Crippen LogP contribution < -0.4 is 5.32 Å². The van der Waals surface area contributed by atoms with Crippen LogP contribution in [0.4, 0.5) is 0 Å². The van der Waals surface area contributed by atoms with E-state index in [-0.39, 0.29) is 19.1 Å². The van der Waals surface area contributed by atoms with E-state index in [1.165, 1.54) is 0 Å². The zero-order valence-corrected chi connectivity index (χ0v) is 10.9. The van der Waals surface area contributed by atoms with E-state index in [0.717, 1.165) is 19.3 Å². The molecule has 1 amide bonds. The summed E-state index contributed by atoms with van der Waals surface area (Å²) in [4.78, 5) is 12.3. The first kappa shape index (κ1) is 14.9. The number of nitriles is 1. The van der Waals surface area contributed by atoms with Crippen LogP contribution in [0.1, 0.15) is 45.4 Å². The predicted octanol–water partition coefficient (Wildman–Crippen LogP) is 0.710. The molecule has 5 nitrogen and oxygen atoms in total. The van der Waals surface area contributed by atoms with Crippen LogP contribution in [0.2, 0.25) is 0 Å². The highest BCUT2D eigenvalue weighted by Gasteiger charge is 2.43. The number of hydrogen-bond donors (Lipinski definition) is 3.